The number of anilines is 1. The summed E-state index contributed by atoms with van der Waals surface area (Å²) in [5.74, 6) is -0.819. The van der Waals surface area contributed by atoms with E-state index in [1.54, 1.807) is 24.3 Å². The van der Waals surface area contributed by atoms with Crippen molar-refractivity contribution in [3.8, 4) is 0 Å². The molecule has 5 rings (SSSR count). The first-order valence-corrected chi connectivity index (χ1v) is 10.3. The van der Waals surface area contributed by atoms with E-state index in [4.69, 9.17) is 16.0 Å². The number of carbonyl (C=O) groups is 1. The van der Waals surface area contributed by atoms with E-state index < -0.39 is 17.8 Å². The van der Waals surface area contributed by atoms with Gasteiger partial charge in [-0.2, -0.15) is 0 Å². The van der Waals surface area contributed by atoms with Crippen LogP contribution in [0, 0.1) is 5.82 Å². The van der Waals surface area contributed by atoms with Crippen LogP contribution in [-0.2, 0) is 6.42 Å². The summed E-state index contributed by atoms with van der Waals surface area (Å²) < 4.78 is 19.5. The molecule has 4 nitrogen and oxygen atoms in total. The molecule has 0 saturated heterocycles. The number of amides is 1. The normalized spacial score (nSPS) is 15.5. The lowest BCUT2D eigenvalue weighted by atomic mass is 9.98. The summed E-state index contributed by atoms with van der Waals surface area (Å²) in [6.07, 6.45) is 0.863. The highest BCUT2D eigenvalue weighted by molar-refractivity contribution is 6.31. The first-order valence-electron chi connectivity index (χ1n) is 9.92. The second kappa shape index (κ2) is 7.36. The van der Waals surface area contributed by atoms with Crippen LogP contribution < -0.4 is 10.3 Å². The molecule has 1 aromatic heterocycles. The maximum atomic E-state index is 13.6. The van der Waals surface area contributed by atoms with E-state index in [-0.39, 0.29) is 16.8 Å². The van der Waals surface area contributed by atoms with Crippen molar-refractivity contribution in [2.45, 2.75) is 19.4 Å². The molecule has 3 aromatic carbocycles. The van der Waals surface area contributed by atoms with Gasteiger partial charge < -0.3 is 4.42 Å². The minimum absolute atomic E-state index is 0.00582. The Labute approximate surface area is 182 Å². The van der Waals surface area contributed by atoms with Crippen molar-refractivity contribution in [2.75, 3.05) is 4.90 Å². The number of fused-ring (bicyclic) bond motifs is 2. The van der Waals surface area contributed by atoms with Crippen LogP contribution in [0.1, 0.15) is 40.2 Å². The van der Waals surface area contributed by atoms with Crippen molar-refractivity contribution >= 4 is 34.2 Å². The summed E-state index contributed by atoms with van der Waals surface area (Å²) >= 11 is 6.09. The number of aryl methyl sites for hydroxylation is 1. The topological polar surface area (TPSA) is 50.5 Å². The largest absolute Gasteiger partial charge is 0.450 e. The highest BCUT2D eigenvalue weighted by Crippen LogP contribution is 2.41. The van der Waals surface area contributed by atoms with E-state index in [1.807, 2.05) is 31.2 Å². The smallest absolute Gasteiger partial charge is 0.295 e. The average molecular weight is 434 g/mol. The summed E-state index contributed by atoms with van der Waals surface area (Å²) in [6.45, 7) is 2.05. The lowest BCUT2D eigenvalue weighted by Crippen LogP contribution is -2.29. The van der Waals surface area contributed by atoms with E-state index in [1.165, 1.54) is 23.1 Å². The summed E-state index contributed by atoms with van der Waals surface area (Å²) in [6, 6.07) is 17.4. The third kappa shape index (κ3) is 3.13. The van der Waals surface area contributed by atoms with Crippen LogP contribution >= 0.6 is 11.6 Å². The van der Waals surface area contributed by atoms with Crippen molar-refractivity contribution in [3.63, 3.8) is 0 Å². The molecule has 0 aliphatic carbocycles. The van der Waals surface area contributed by atoms with Crippen LogP contribution in [0.5, 0.6) is 0 Å². The number of carbonyl (C=O) groups excluding carboxylic acids is 1. The quantitative estimate of drug-likeness (QED) is 0.404. The highest BCUT2D eigenvalue weighted by atomic mass is 35.5. The Bertz CT molecular complexity index is 1380. The summed E-state index contributed by atoms with van der Waals surface area (Å²) in [4.78, 5) is 28.5. The summed E-state index contributed by atoms with van der Waals surface area (Å²) in [5, 5.41) is 0.698. The van der Waals surface area contributed by atoms with E-state index in [2.05, 4.69) is 0 Å². The SMILES string of the molecule is CCc1ccc(N2C(=O)c3oc4ccc(Cl)cc4c(=O)c3C2c2ccc(F)cc2)cc1. The maximum absolute atomic E-state index is 13.6. The fourth-order valence-corrected chi connectivity index (χ4v) is 4.24. The monoisotopic (exact) mass is 433 g/mol. The van der Waals surface area contributed by atoms with Crippen LogP contribution in [0.25, 0.3) is 11.0 Å². The number of halogens is 2. The molecule has 4 aromatic rings. The Morgan fingerprint density at radius 2 is 1.71 bits per heavy atom. The number of hydrogen-bond acceptors (Lipinski definition) is 3. The van der Waals surface area contributed by atoms with Gasteiger partial charge >= 0.3 is 0 Å². The maximum Gasteiger partial charge on any atom is 0.295 e. The predicted molar refractivity (Wildman–Crippen MR) is 118 cm³/mol. The van der Waals surface area contributed by atoms with Gasteiger partial charge in [0.25, 0.3) is 5.91 Å². The van der Waals surface area contributed by atoms with E-state index in [0.717, 1.165) is 12.0 Å². The third-order valence-corrected chi connectivity index (χ3v) is 5.88. The Morgan fingerprint density at radius 1 is 1.00 bits per heavy atom. The highest BCUT2D eigenvalue weighted by Gasteiger charge is 2.43. The van der Waals surface area contributed by atoms with Gasteiger partial charge in [-0.05, 0) is 60.0 Å². The molecule has 0 saturated carbocycles. The minimum atomic E-state index is -0.741. The van der Waals surface area contributed by atoms with E-state index in [0.29, 0.717) is 27.2 Å². The van der Waals surface area contributed by atoms with Crippen LogP contribution in [-0.4, -0.2) is 5.91 Å². The van der Waals surface area contributed by atoms with Gasteiger partial charge in [-0.15, -0.1) is 0 Å². The molecule has 1 unspecified atom stereocenters. The number of nitrogens with zero attached hydrogens (tertiary/aromatic N) is 1. The molecule has 1 aliphatic rings. The molecule has 6 heteroatoms. The van der Waals surface area contributed by atoms with Crippen molar-refractivity contribution < 1.29 is 13.6 Å². The van der Waals surface area contributed by atoms with Gasteiger partial charge in [0.15, 0.2) is 5.43 Å². The van der Waals surface area contributed by atoms with Gasteiger partial charge in [-0.25, -0.2) is 4.39 Å². The fraction of sp³-hybridized carbons (Fsp3) is 0.120. The molecule has 2 heterocycles. The zero-order chi connectivity index (χ0) is 21.7. The zero-order valence-corrected chi connectivity index (χ0v) is 17.3. The van der Waals surface area contributed by atoms with Crippen molar-refractivity contribution in [1.29, 1.82) is 0 Å². The van der Waals surface area contributed by atoms with Gasteiger partial charge in [-0.3, -0.25) is 14.5 Å². The van der Waals surface area contributed by atoms with Crippen molar-refractivity contribution in [3.05, 3.63) is 110 Å². The fourth-order valence-electron chi connectivity index (χ4n) is 4.06. The Balaban J connectivity index is 1.78. The third-order valence-electron chi connectivity index (χ3n) is 5.64. The van der Waals surface area contributed by atoms with Gasteiger partial charge in [0.1, 0.15) is 11.4 Å². The second-order valence-corrected chi connectivity index (χ2v) is 7.90. The second-order valence-electron chi connectivity index (χ2n) is 7.46. The molecule has 154 valence electrons. The molecule has 0 spiro atoms. The molecule has 0 N–H and O–H groups in total. The number of hydrogen-bond donors (Lipinski definition) is 0. The Kier molecular flexibility index (Phi) is 4.63. The molecule has 0 radical (unpaired) electrons. The molecule has 1 aliphatic heterocycles. The molecular formula is C25H17ClFNO3. The molecule has 1 atom stereocenters. The average Bonchev–Trinajstić information content (AvgIpc) is 3.07. The van der Waals surface area contributed by atoms with E-state index in [9.17, 15) is 14.0 Å². The predicted octanol–water partition coefficient (Wildman–Crippen LogP) is 5.90. The van der Waals surface area contributed by atoms with Crippen LogP contribution in [0.4, 0.5) is 10.1 Å². The standard InChI is InChI=1S/C25H17ClFNO3/c1-2-14-3-10-18(11-4-14)28-22(15-5-8-17(27)9-6-15)21-23(29)19-13-16(26)7-12-20(19)31-24(21)25(28)30/h3-13,22H,2H2,1H3. The van der Waals surface area contributed by atoms with Crippen molar-refractivity contribution in [1.82, 2.24) is 0 Å². The number of rotatable bonds is 3. The summed E-state index contributed by atoms with van der Waals surface area (Å²) in [5.41, 5.74) is 2.56. The van der Waals surface area contributed by atoms with Crippen molar-refractivity contribution in [2.24, 2.45) is 0 Å². The molecule has 0 bridgehead atoms. The van der Waals surface area contributed by atoms with Crippen LogP contribution in [0.3, 0.4) is 0 Å². The summed E-state index contributed by atoms with van der Waals surface area (Å²) in [7, 11) is 0. The zero-order valence-electron chi connectivity index (χ0n) is 16.6. The number of benzene rings is 3. The van der Waals surface area contributed by atoms with Gasteiger partial charge in [0.05, 0.1) is 17.0 Å². The molecule has 0 fully saturated rings. The van der Waals surface area contributed by atoms with E-state index >= 15 is 0 Å². The Hall–Kier alpha value is -3.44. The van der Waals surface area contributed by atoms with Gasteiger partial charge in [0, 0.05) is 10.7 Å². The lowest BCUT2D eigenvalue weighted by molar-refractivity contribution is 0.0971. The van der Waals surface area contributed by atoms with Gasteiger partial charge in [-0.1, -0.05) is 42.8 Å². The van der Waals surface area contributed by atoms with Gasteiger partial charge in [0.2, 0.25) is 5.76 Å². The van der Waals surface area contributed by atoms with Crippen LogP contribution in [0.2, 0.25) is 5.02 Å². The Morgan fingerprint density at radius 3 is 2.39 bits per heavy atom. The minimum Gasteiger partial charge on any atom is -0.450 e. The molecular weight excluding hydrogens is 417 g/mol. The lowest BCUT2D eigenvalue weighted by Gasteiger charge is -2.25. The first kappa shape index (κ1) is 19.5. The molecule has 1 amide bonds. The molecule has 31 heavy (non-hydrogen) atoms. The first-order chi connectivity index (χ1) is 15.0. The van der Waals surface area contributed by atoms with Crippen LogP contribution in [0.15, 0.2) is 75.9 Å².